The number of anilines is 1. The molecular formula is C27H34N2O4. The quantitative estimate of drug-likeness (QED) is 0.617. The summed E-state index contributed by atoms with van der Waals surface area (Å²) in [6.45, 7) is 2.63. The third kappa shape index (κ3) is 5.74. The van der Waals surface area contributed by atoms with Gasteiger partial charge in [0.2, 0.25) is 5.91 Å². The molecule has 0 bridgehead atoms. The summed E-state index contributed by atoms with van der Waals surface area (Å²) < 4.78 is 5.99. The molecule has 1 aliphatic carbocycles. The van der Waals surface area contributed by atoms with Crippen LogP contribution >= 0.6 is 0 Å². The molecule has 6 heteroatoms. The van der Waals surface area contributed by atoms with E-state index in [-0.39, 0.29) is 12.5 Å². The summed E-state index contributed by atoms with van der Waals surface area (Å²) in [5, 5.41) is 13.0. The summed E-state index contributed by atoms with van der Waals surface area (Å²) in [4.78, 5) is 27.5. The van der Waals surface area contributed by atoms with Crippen LogP contribution in [0, 0.1) is 5.92 Å². The predicted molar refractivity (Wildman–Crippen MR) is 128 cm³/mol. The lowest BCUT2D eigenvalue weighted by atomic mass is 9.84. The number of para-hydroxylation sites is 2. The second kappa shape index (κ2) is 10.8. The highest BCUT2D eigenvalue weighted by Gasteiger charge is 2.35. The van der Waals surface area contributed by atoms with Crippen molar-refractivity contribution < 1.29 is 19.4 Å². The fourth-order valence-electron chi connectivity index (χ4n) is 4.94. The molecule has 2 aliphatic rings. The van der Waals surface area contributed by atoms with Crippen LogP contribution in [0.15, 0.2) is 48.5 Å². The summed E-state index contributed by atoms with van der Waals surface area (Å²) in [6, 6.07) is 14.3. The number of nitrogens with one attached hydrogen (secondary N) is 1. The second-order valence-electron chi connectivity index (χ2n) is 9.22. The van der Waals surface area contributed by atoms with Crippen LogP contribution in [-0.2, 0) is 22.6 Å². The van der Waals surface area contributed by atoms with Gasteiger partial charge in [-0.1, -0.05) is 75.4 Å². The van der Waals surface area contributed by atoms with Crippen molar-refractivity contribution in [3.8, 4) is 5.75 Å². The van der Waals surface area contributed by atoms with E-state index in [1.165, 1.54) is 12.0 Å². The largest absolute Gasteiger partial charge is 0.489 e. The molecule has 0 aromatic heterocycles. The van der Waals surface area contributed by atoms with Crippen LogP contribution < -0.4 is 15.0 Å². The number of carbonyl (C=O) groups is 2. The van der Waals surface area contributed by atoms with Gasteiger partial charge in [0, 0.05) is 0 Å². The lowest BCUT2D eigenvalue weighted by Crippen LogP contribution is -2.54. The van der Waals surface area contributed by atoms with Crippen molar-refractivity contribution in [2.75, 3.05) is 11.5 Å². The molecule has 2 aromatic rings. The van der Waals surface area contributed by atoms with Gasteiger partial charge in [-0.15, -0.1) is 0 Å². The summed E-state index contributed by atoms with van der Waals surface area (Å²) in [5.41, 5.74) is 2.98. The Labute approximate surface area is 195 Å². The monoisotopic (exact) mass is 450 g/mol. The van der Waals surface area contributed by atoms with Crippen molar-refractivity contribution in [3.63, 3.8) is 0 Å². The minimum absolute atomic E-state index is 0.107. The molecule has 176 valence electrons. The number of carbonyl (C=O) groups excluding carboxylic acids is 1. The first-order chi connectivity index (χ1) is 16.0. The zero-order valence-electron chi connectivity index (χ0n) is 19.3. The zero-order valence-corrected chi connectivity index (χ0v) is 19.3. The van der Waals surface area contributed by atoms with Gasteiger partial charge in [-0.05, 0) is 42.0 Å². The Morgan fingerprint density at radius 2 is 1.79 bits per heavy atom. The van der Waals surface area contributed by atoms with Gasteiger partial charge in [-0.3, -0.25) is 14.9 Å². The number of aryl methyl sites for hydroxylation is 1. The number of hydrogen-bond donors (Lipinski definition) is 2. The number of rotatable bonds is 8. The van der Waals surface area contributed by atoms with Crippen LogP contribution in [0.5, 0.6) is 5.75 Å². The molecule has 2 N–H and O–H groups in total. The maximum Gasteiger partial charge on any atom is 0.320 e. The molecule has 33 heavy (non-hydrogen) atoms. The van der Waals surface area contributed by atoms with Gasteiger partial charge in [-0.25, -0.2) is 0 Å². The number of nitrogens with zero attached hydrogens (tertiary/aromatic N) is 1. The predicted octanol–water partition coefficient (Wildman–Crippen LogP) is 4.56. The van der Waals surface area contributed by atoms with E-state index in [4.69, 9.17) is 4.74 Å². The normalized spacial score (nSPS) is 20.0. The fraction of sp³-hybridized carbons (Fsp3) is 0.481. The number of carboxylic acid groups (broad SMARTS) is 1. The van der Waals surface area contributed by atoms with Crippen molar-refractivity contribution in [1.82, 2.24) is 5.32 Å². The topological polar surface area (TPSA) is 78.9 Å². The Morgan fingerprint density at radius 3 is 2.48 bits per heavy atom. The van der Waals surface area contributed by atoms with Gasteiger partial charge < -0.3 is 14.7 Å². The number of fused-ring (bicyclic) bond motifs is 1. The first-order valence-electron chi connectivity index (χ1n) is 12.1. The molecule has 1 saturated carbocycles. The van der Waals surface area contributed by atoms with Crippen molar-refractivity contribution in [3.05, 3.63) is 59.7 Å². The summed E-state index contributed by atoms with van der Waals surface area (Å²) in [7, 11) is 0. The first-order valence-corrected chi connectivity index (χ1v) is 12.1. The van der Waals surface area contributed by atoms with Crippen LogP contribution in [0.3, 0.4) is 0 Å². The number of amides is 1. The van der Waals surface area contributed by atoms with Crippen molar-refractivity contribution in [1.29, 1.82) is 0 Å². The third-order valence-electron chi connectivity index (χ3n) is 6.89. The van der Waals surface area contributed by atoms with Gasteiger partial charge in [-0.2, -0.15) is 0 Å². The molecule has 6 nitrogen and oxygen atoms in total. The van der Waals surface area contributed by atoms with Gasteiger partial charge in [0.05, 0.1) is 12.2 Å². The third-order valence-corrected chi connectivity index (χ3v) is 6.89. The van der Waals surface area contributed by atoms with E-state index in [2.05, 4.69) is 24.4 Å². The molecule has 1 aliphatic heterocycles. The van der Waals surface area contributed by atoms with Crippen LogP contribution in [0.1, 0.15) is 56.6 Å². The van der Waals surface area contributed by atoms with Crippen molar-refractivity contribution >= 4 is 17.6 Å². The summed E-state index contributed by atoms with van der Waals surface area (Å²) in [5.74, 6) is -0.0368. The fourth-order valence-corrected chi connectivity index (χ4v) is 4.94. The van der Waals surface area contributed by atoms with Crippen LogP contribution in [-0.4, -0.2) is 35.7 Å². The Morgan fingerprint density at radius 1 is 1.09 bits per heavy atom. The maximum atomic E-state index is 13.7. The number of hydrogen-bond acceptors (Lipinski definition) is 4. The van der Waals surface area contributed by atoms with E-state index in [9.17, 15) is 14.7 Å². The molecule has 1 amide bonds. The smallest absolute Gasteiger partial charge is 0.320 e. The lowest BCUT2D eigenvalue weighted by Gasteiger charge is -2.29. The maximum absolute atomic E-state index is 13.7. The number of carboxylic acids is 1. The minimum atomic E-state index is -0.906. The van der Waals surface area contributed by atoms with Gasteiger partial charge in [0.25, 0.3) is 0 Å². The Hall–Kier alpha value is -2.86. The van der Waals surface area contributed by atoms with Gasteiger partial charge in [0.15, 0.2) is 0 Å². The van der Waals surface area contributed by atoms with E-state index in [0.29, 0.717) is 30.3 Å². The molecule has 4 rings (SSSR count). The molecule has 0 unspecified atom stereocenters. The van der Waals surface area contributed by atoms with E-state index in [1.807, 2.05) is 36.4 Å². The molecule has 1 fully saturated rings. The van der Waals surface area contributed by atoms with Gasteiger partial charge >= 0.3 is 5.97 Å². The highest BCUT2D eigenvalue weighted by Crippen LogP contribution is 2.33. The lowest BCUT2D eigenvalue weighted by molar-refractivity contribution is -0.140. The number of ether oxygens (including phenoxy) is 1. The summed E-state index contributed by atoms with van der Waals surface area (Å²) in [6.07, 6.45) is 7.17. The second-order valence-corrected chi connectivity index (χ2v) is 9.22. The molecule has 2 atom stereocenters. The minimum Gasteiger partial charge on any atom is -0.489 e. The average molecular weight is 451 g/mol. The SMILES string of the molecule is CCc1ccc(CN2C(=O)[C@@H](N[C@@H](CC3CCCCC3)C(=O)O)COc3ccccc32)cc1. The molecule has 2 aromatic carbocycles. The number of benzene rings is 2. The van der Waals surface area contributed by atoms with Crippen LogP contribution in [0.4, 0.5) is 5.69 Å². The Balaban J connectivity index is 1.55. The Kier molecular flexibility index (Phi) is 7.65. The highest BCUT2D eigenvalue weighted by atomic mass is 16.5. The van der Waals surface area contributed by atoms with Gasteiger partial charge in [0.1, 0.15) is 24.4 Å². The van der Waals surface area contributed by atoms with Crippen LogP contribution in [0.25, 0.3) is 0 Å². The molecule has 0 radical (unpaired) electrons. The molecular weight excluding hydrogens is 416 g/mol. The first kappa shape index (κ1) is 23.3. The average Bonchev–Trinajstić information content (AvgIpc) is 2.97. The Bertz CT molecular complexity index is 953. The van der Waals surface area contributed by atoms with E-state index in [0.717, 1.165) is 37.7 Å². The summed E-state index contributed by atoms with van der Waals surface area (Å²) >= 11 is 0. The zero-order chi connectivity index (χ0) is 23.2. The van der Waals surface area contributed by atoms with E-state index in [1.54, 1.807) is 4.90 Å². The molecule has 0 spiro atoms. The van der Waals surface area contributed by atoms with E-state index < -0.39 is 18.1 Å². The van der Waals surface area contributed by atoms with Crippen LogP contribution in [0.2, 0.25) is 0 Å². The molecule has 1 heterocycles. The van der Waals surface area contributed by atoms with E-state index >= 15 is 0 Å². The highest BCUT2D eigenvalue weighted by molar-refractivity contribution is 5.99. The molecule has 0 saturated heterocycles. The standard InChI is InChI=1S/C27H34N2O4/c1-2-19-12-14-21(15-13-19)17-29-24-10-6-7-11-25(24)33-18-23(26(29)30)28-22(27(31)32)16-20-8-4-3-5-9-20/h6-7,10-15,20,22-23,28H,2-5,8-9,16-18H2,1H3,(H,31,32)/t22-,23-/m0/s1. The van der Waals surface area contributed by atoms with Crippen molar-refractivity contribution in [2.45, 2.75) is 70.5 Å². The number of aliphatic carboxylic acids is 1. The van der Waals surface area contributed by atoms with Crippen molar-refractivity contribution in [2.24, 2.45) is 5.92 Å².